The second-order valence-electron chi connectivity index (χ2n) is 11.4. The van der Waals surface area contributed by atoms with Gasteiger partial charge in [0.05, 0.1) is 63.9 Å². The lowest BCUT2D eigenvalue weighted by molar-refractivity contribution is 0.0933. The van der Waals surface area contributed by atoms with Gasteiger partial charge in [-0.05, 0) is 50.0 Å². The molecule has 4 heterocycles. The largest absolute Gasteiger partial charge is 0.382 e. The predicted octanol–water partition coefficient (Wildman–Crippen LogP) is 3.43. The molecule has 49 heavy (non-hydrogen) atoms. The van der Waals surface area contributed by atoms with E-state index in [1.165, 1.54) is 29.4 Å². The van der Waals surface area contributed by atoms with E-state index >= 15 is 0 Å². The van der Waals surface area contributed by atoms with E-state index in [4.69, 9.17) is 10.7 Å². The standard InChI is InChI=1S/C35H32N10O3S/c1-21(40-34(46)31-32(36)38-20-29(41-31)25-16-26(19-37-17-25)43-49(4,5)48)33-42-28-13-9-10-23(14-15-24-18-39-44(3)22(24)2)30(28)35(47)45(33)27-11-7-6-8-12-27/h6-13,16-21H,4H2,1-3,5H3,(H2,36,38)(H,40,46)(H,43,48)/t21-,49?/m0/s1. The molecule has 2 atom stereocenters. The van der Waals surface area contributed by atoms with Crippen LogP contribution in [0.4, 0.5) is 11.5 Å². The first-order chi connectivity index (χ1) is 23.4. The Morgan fingerprint density at radius 3 is 2.49 bits per heavy atom. The number of nitrogens with zero attached hydrogens (tertiary/aromatic N) is 7. The molecule has 0 radical (unpaired) electrons. The normalized spacial score (nSPS) is 12.8. The van der Waals surface area contributed by atoms with Gasteiger partial charge in [0.15, 0.2) is 11.5 Å². The van der Waals surface area contributed by atoms with Crippen LogP contribution in [0.5, 0.6) is 0 Å². The number of benzene rings is 2. The third kappa shape index (κ3) is 6.87. The van der Waals surface area contributed by atoms with Crippen molar-refractivity contribution in [3.8, 4) is 28.8 Å². The number of hydrogen-bond donors (Lipinski definition) is 3. The number of nitrogens with two attached hydrogens (primary N) is 1. The molecule has 0 saturated carbocycles. The van der Waals surface area contributed by atoms with Crippen molar-refractivity contribution >= 4 is 43.9 Å². The van der Waals surface area contributed by atoms with Crippen LogP contribution in [0.3, 0.4) is 0 Å². The molecule has 6 rings (SSSR count). The van der Waals surface area contributed by atoms with Crippen LogP contribution in [0.15, 0.2) is 84.2 Å². The second kappa shape index (κ2) is 13.1. The fourth-order valence-corrected chi connectivity index (χ4v) is 5.75. The molecule has 4 aromatic heterocycles. The molecular weight excluding hydrogens is 641 g/mol. The summed E-state index contributed by atoms with van der Waals surface area (Å²) in [7, 11) is -0.714. The number of carbonyl (C=O) groups excluding carboxylic acids is 1. The number of fused-ring (bicyclic) bond motifs is 1. The highest BCUT2D eigenvalue weighted by Gasteiger charge is 2.23. The lowest BCUT2D eigenvalue weighted by Gasteiger charge is -2.20. The van der Waals surface area contributed by atoms with Gasteiger partial charge in [-0.25, -0.2) is 19.2 Å². The fourth-order valence-electron chi connectivity index (χ4n) is 5.14. The van der Waals surface area contributed by atoms with Gasteiger partial charge in [-0.3, -0.25) is 23.8 Å². The minimum Gasteiger partial charge on any atom is -0.382 e. The van der Waals surface area contributed by atoms with E-state index in [2.05, 4.69) is 47.8 Å². The van der Waals surface area contributed by atoms with Gasteiger partial charge in [0.2, 0.25) is 0 Å². The third-order valence-corrected chi connectivity index (χ3v) is 8.29. The number of hydrogen-bond acceptors (Lipinski definition) is 9. The van der Waals surface area contributed by atoms with Gasteiger partial charge >= 0.3 is 0 Å². The molecule has 0 aliphatic heterocycles. The molecule has 1 unspecified atom stereocenters. The Balaban J connectivity index is 1.39. The molecule has 0 aliphatic rings. The highest BCUT2D eigenvalue weighted by molar-refractivity contribution is 8.00. The highest BCUT2D eigenvalue weighted by Crippen LogP contribution is 2.23. The van der Waals surface area contributed by atoms with Gasteiger partial charge in [0.1, 0.15) is 5.82 Å². The molecule has 0 bridgehead atoms. The summed E-state index contributed by atoms with van der Waals surface area (Å²) in [5.74, 6) is 9.43. The Kier molecular flexibility index (Phi) is 8.68. The maximum Gasteiger partial charge on any atom is 0.274 e. The summed E-state index contributed by atoms with van der Waals surface area (Å²) < 4.78 is 18.1. The topological polar surface area (TPSA) is 176 Å². The van der Waals surface area contributed by atoms with Crippen molar-refractivity contribution in [2.24, 2.45) is 7.05 Å². The molecule has 0 fully saturated rings. The summed E-state index contributed by atoms with van der Waals surface area (Å²) in [5, 5.41) is 7.48. The zero-order valence-electron chi connectivity index (χ0n) is 27.1. The Morgan fingerprint density at radius 1 is 1.02 bits per heavy atom. The first kappa shape index (κ1) is 32.6. The number of carbonyl (C=O) groups is 1. The van der Waals surface area contributed by atoms with E-state index in [1.807, 2.05) is 32.2 Å². The quantitative estimate of drug-likeness (QED) is 0.170. The highest BCUT2D eigenvalue weighted by atomic mass is 32.2. The first-order valence-corrected chi connectivity index (χ1v) is 17.1. The number of para-hydroxylation sites is 1. The molecule has 14 heteroatoms. The van der Waals surface area contributed by atoms with Crippen molar-refractivity contribution in [1.29, 1.82) is 0 Å². The van der Waals surface area contributed by atoms with E-state index in [9.17, 15) is 13.8 Å². The number of aryl methyl sites for hydroxylation is 1. The van der Waals surface area contributed by atoms with Crippen LogP contribution < -0.4 is 21.3 Å². The molecule has 4 N–H and O–H groups in total. The summed E-state index contributed by atoms with van der Waals surface area (Å²) in [6.45, 7) is 3.64. The van der Waals surface area contributed by atoms with E-state index in [0.717, 1.165) is 11.3 Å². The van der Waals surface area contributed by atoms with Crippen LogP contribution in [-0.4, -0.2) is 56.5 Å². The smallest absolute Gasteiger partial charge is 0.274 e. The van der Waals surface area contributed by atoms with Crippen LogP contribution in [0.25, 0.3) is 27.8 Å². The number of rotatable bonds is 7. The molecule has 6 aromatic rings. The van der Waals surface area contributed by atoms with Gasteiger partial charge in [-0.2, -0.15) is 5.10 Å². The monoisotopic (exact) mass is 672 g/mol. The Labute approximate surface area is 282 Å². The van der Waals surface area contributed by atoms with Crippen molar-refractivity contribution in [3.05, 3.63) is 118 Å². The summed E-state index contributed by atoms with van der Waals surface area (Å²) in [6, 6.07) is 15.2. The van der Waals surface area contributed by atoms with E-state index in [0.29, 0.717) is 39.1 Å². The second-order valence-corrected chi connectivity index (χ2v) is 13.6. The lowest BCUT2D eigenvalue weighted by atomic mass is 10.1. The van der Waals surface area contributed by atoms with Gasteiger partial charge in [0, 0.05) is 40.3 Å². The van der Waals surface area contributed by atoms with Gasteiger partial charge in [0.25, 0.3) is 11.5 Å². The molecule has 2 aromatic carbocycles. The molecule has 0 aliphatic carbocycles. The fraction of sp³-hybridized carbons (Fsp3) is 0.143. The minimum atomic E-state index is -2.55. The first-order valence-electron chi connectivity index (χ1n) is 15.0. The van der Waals surface area contributed by atoms with Crippen LogP contribution in [-0.2, 0) is 16.8 Å². The Hall–Kier alpha value is -6.33. The van der Waals surface area contributed by atoms with Crippen LogP contribution >= 0.6 is 0 Å². The van der Waals surface area contributed by atoms with Crippen molar-refractivity contribution in [1.82, 2.24) is 39.6 Å². The van der Waals surface area contributed by atoms with Crippen molar-refractivity contribution in [2.75, 3.05) is 16.7 Å². The van der Waals surface area contributed by atoms with Gasteiger partial charge in [-0.1, -0.05) is 36.1 Å². The number of amides is 1. The summed E-state index contributed by atoms with van der Waals surface area (Å²) >= 11 is 0. The third-order valence-electron chi connectivity index (χ3n) is 7.62. The van der Waals surface area contributed by atoms with Crippen LogP contribution in [0.1, 0.15) is 46.1 Å². The van der Waals surface area contributed by atoms with Crippen molar-refractivity contribution in [2.45, 2.75) is 19.9 Å². The van der Waals surface area contributed by atoms with Gasteiger partial charge < -0.3 is 15.8 Å². The zero-order valence-corrected chi connectivity index (χ0v) is 27.9. The number of nitrogen functional groups attached to an aromatic ring is 1. The Morgan fingerprint density at radius 2 is 1.78 bits per heavy atom. The lowest BCUT2D eigenvalue weighted by Crippen LogP contribution is -2.34. The number of aromatic nitrogens is 7. The summed E-state index contributed by atoms with van der Waals surface area (Å²) in [5.41, 5.74) is 10.1. The average molecular weight is 673 g/mol. The molecule has 0 saturated heterocycles. The van der Waals surface area contributed by atoms with Gasteiger partial charge in [-0.15, -0.1) is 0 Å². The van der Waals surface area contributed by atoms with E-state index in [-0.39, 0.29) is 22.9 Å². The van der Waals surface area contributed by atoms with Crippen molar-refractivity contribution in [3.63, 3.8) is 0 Å². The molecule has 0 spiro atoms. The van der Waals surface area contributed by atoms with Crippen LogP contribution in [0, 0.1) is 18.8 Å². The molecule has 246 valence electrons. The Bertz CT molecular complexity index is 2480. The maximum atomic E-state index is 14.3. The molecule has 1 amide bonds. The molecular formula is C35H32N10O3S. The summed E-state index contributed by atoms with van der Waals surface area (Å²) in [6.07, 6.45) is 7.59. The number of pyridine rings is 1. The number of anilines is 2. The van der Waals surface area contributed by atoms with E-state index < -0.39 is 21.7 Å². The maximum absolute atomic E-state index is 14.3. The summed E-state index contributed by atoms with van der Waals surface area (Å²) in [4.78, 5) is 45.7. The van der Waals surface area contributed by atoms with Crippen molar-refractivity contribution < 1.29 is 9.00 Å². The SMILES string of the molecule is C=S(C)(=O)Nc1cncc(-c2cnc(N)c(C(=O)N[C@@H](C)c3nc4cccc(C#Cc5cnn(C)c5C)c4c(=O)n3-c3ccccc3)n2)c1. The van der Waals surface area contributed by atoms with E-state index in [1.54, 1.807) is 54.2 Å². The average Bonchev–Trinajstić information content (AvgIpc) is 3.39. The number of nitrogens with one attached hydrogen (secondary N) is 2. The van der Waals surface area contributed by atoms with Crippen LogP contribution in [0.2, 0.25) is 0 Å². The minimum absolute atomic E-state index is 0.0935. The predicted molar refractivity (Wildman–Crippen MR) is 192 cm³/mol. The zero-order chi connectivity index (χ0) is 34.9. The molecule has 13 nitrogen and oxygen atoms in total.